The van der Waals surface area contributed by atoms with Crippen LogP contribution in [0.1, 0.15) is 29.6 Å². The van der Waals surface area contributed by atoms with Crippen molar-refractivity contribution >= 4 is 23.6 Å². The van der Waals surface area contributed by atoms with Gasteiger partial charge in [-0.15, -0.1) is 0 Å². The van der Waals surface area contributed by atoms with Gasteiger partial charge in [-0.2, -0.15) is 11.8 Å². The van der Waals surface area contributed by atoms with Gasteiger partial charge in [0, 0.05) is 16.9 Å². The molecule has 0 radical (unpaired) electrons. The van der Waals surface area contributed by atoms with E-state index in [9.17, 15) is 9.59 Å². The average molecular weight is 309 g/mol. The van der Waals surface area contributed by atoms with Crippen molar-refractivity contribution in [2.24, 2.45) is 0 Å². The summed E-state index contributed by atoms with van der Waals surface area (Å²) >= 11 is 1.81. The van der Waals surface area contributed by atoms with Crippen LogP contribution in [-0.2, 0) is 4.79 Å². The number of aliphatic carboxylic acids is 1. The molecule has 2 N–H and O–H groups in total. The Morgan fingerprint density at radius 3 is 2.76 bits per heavy atom. The van der Waals surface area contributed by atoms with Crippen LogP contribution in [0.15, 0.2) is 24.3 Å². The maximum atomic E-state index is 12.1. The SMILES string of the molecule is CSC1(CNC(=O)c2cccc(OCC(=O)O)c2)CCC1. The molecule has 1 aromatic rings. The first kappa shape index (κ1) is 15.7. The van der Waals surface area contributed by atoms with Gasteiger partial charge < -0.3 is 15.2 Å². The number of carbonyl (C=O) groups is 2. The quantitative estimate of drug-likeness (QED) is 0.807. The Morgan fingerprint density at radius 2 is 2.19 bits per heavy atom. The third-order valence-electron chi connectivity index (χ3n) is 3.73. The molecular weight excluding hydrogens is 290 g/mol. The molecule has 0 aliphatic heterocycles. The van der Waals surface area contributed by atoms with Crippen molar-refractivity contribution in [3.8, 4) is 5.75 Å². The van der Waals surface area contributed by atoms with Crippen molar-refractivity contribution in [3.63, 3.8) is 0 Å². The fourth-order valence-corrected chi connectivity index (χ4v) is 3.15. The standard InChI is InChI=1S/C15H19NO4S/c1-21-15(6-3-7-15)10-16-14(19)11-4-2-5-12(8-11)20-9-13(17)18/h2,4-5,8H,3,6-7,9-10H2,1H3,(H,16,19)(H,17,18). The number of carbonyl (C=O) groups excluding carboxylic acids is 1. The van der Waals surface area contributed by atoms with Gasteiger partial charge in [-0.1, -0.05) is 12.5 Å². The van der Waals surface area contributed by atoms with Crippen LogP contribution in [0.2, 0.25) is 0 Å². The number of hydrogen-bond donors (Lipinski definition) is 2. The number of amides is 1. The molecule has 1 aliphatic carbocycles. The first-order valence-electron chi connectivity index (χ1n) is 6.83. The second-order valence-electron chi connectivity index (χ2n) is 5.13. The molecule has 0 aromatic heterocycles. The molecule has 5 nitrogen and oxygen atoms in total. The fraction of sp³-hybridized carbons (Fsp3) is 0.467. The minimum absolute atomic E-state index is 0.156. The van der Waals surface area contributed by atoms with Crippen LogP contribution in [0.4, 0.5) is 0 Å². The number of rotatable bonds is 7. The van der Waals surface area contributed by atoms with Gasteiger partial charge in [0.1, 0.15) is 5.75 Å². The smallest absolute Gasteiger partial charge is 0.341 e. The van der Waals surface area contributed by atoms with E-state index in [0.717, 1.165) is 12.8 Å². The Hall–Kier alpha value is -1.69. The van der Waals surface area contributed by atoms with Crippen LogP contribution in [0.3, 0.4) is 0 Å². The predicted octanol–water partition coefficient (Wildman–Crippen LogP) is 2.17. The Morgan fingerprint density at radius 1 is 1.43 bits per heavy atom. The molecule has 1 saturated carbocycles. The molecule has 114 valence electrons. The molecule has 0 unspecified atom stereocenters. The molecular formula is C15H19NO4S. The highest BCUT2D eigenvalue weighted by molar-refractivity contribution is 8.00. The van der Waals surface area contributed by atoms with E-state index in [4.69, 9.17) is 9.84 Å². The lowest BCUT2D eigenvalue weighted by atomic mass is 9.84. The van der Waals surface area contributed by atoms with Crippen molar-refractivity contribution in [1.82, 2.24) is 5.32 Å². The zero-order valence-electron chi connectivity index (χ0n) is 11.9. The predicted molar refractivity (Wildman–Crippen MR) is 82.0 cm³/mol. The topological polar surface area (TPSA) is 75.6 Å². The van der Waals surface area contributed by atoms with Crippen molar-refractivity contribution in [2.75, 3.05) is 19.4 Å². The molecule has 1 aliphatic rings. The van der Waals surface area contributed by atoms with Gasteiger partial charge in [-0.05, 0) is 37.3 Å². The van der Waals surface area contributed by atoms with Gasteiger partial charge in [0.05, 0.1) is 0 Å². The second kappa shape index (κ2) is 6.85. The molecule has 1 fully saturated rings. The second-order valence-corrected chi connectivity index (χ2v) is 6.41. The summed E-state index contributed by atoms with van der Waals surface area (Å²) in [5.41, 5.74) is 0.480. The number of thioether (sulfide) groups is 1. The first-order chi connectivity index (χ1) is 10.0. The first-order valence-corrected chi connectivity index (χ1v) is 8.05. The maximum absolute atomic E-state index is 12.1. The van der Waals surface area contributed by atoms with Crippen molar-refractivity contribution in [1.29, 1.82) is 0 Å². The number of hydrogen-bond acceptors (Lipinski definition) is 4. The Kier molecular flexibility index (Phi) is 5.12. The number of benzene rings is 1. The normalized spacial score (nSPS) is 15.9. The monoisotopic (exact) mass is 309 g/mol. The zero-order valence-corrected chi connectivity index (χ0v) is 12.7. The number of ether oxygens (including phenoxy) is 1. The molecule has 0 spiro atoms. The fourth-order valence-electron chi connectivity index (χ4n) is 2.24. The molecule has 1 amide bonds. The summed E-state index contributed by atoms with van der Waals surface area (Å²) in [6, 6.07) is 6.56. The van der Waals surface area contributed by atoms with E-state index in [1.165, 1.54) is 6.42 Å². The van der Waals surface area contributed by atoms with Crippen LogP contribution in [0.25, 0.3) is 0 Å². The lowest BCUT2D eigenvalue weighted by Gasteiger charge is -2.40. The average Bonchev–Trinajstić information content (AvgIpc) is 2.44. The largest absolute Gasteiger partial charge is 0.482 e. The number of carboxylic acids is 1. The molecule has 0 atom stereocenters. The van der Waals surface area contributed by atoms with Crippen molar-refractivity contribution in [3.05, 3.63) is 29.8 Å². The highest BCUT2D eigenvalue weighted by Gasteiger charge is 2.36. The van der Waals surface area contributed by atoms with Gasteiger partial charge in [-0.25, -0.2) is 4.79 Å². The molecule has 0 saturated heterocycles. The molecule has 1 aromatic carbocycles. The van der Waals surface area contributed by atoms with E-state index >= 15 is 0 Å². The highest BCUT2D eigenvalue weighted by atomic mass is 32.2. The van der Waals surface area contributed by atoms with Crippen molar-refractivity contribution < 1.29 is 19.4 Å². The van der Waals surface area contributed by atoms with Gasteiger partial charge in [0.25, 0.3) is 5.91 Å². The van der Waals surface area contributed by atoms with Crippen molar-refractivity contribution in [2.45, 2.75) is 24.0 Å². The minimum Gasteiger partial charge on any atom is -0.482 e. The summed E-state index contributed by atoms with van der Waals surface area (Å²) < 4.78 is 5.26. The van der Waals surface area contributed by atoms with Crippen LogP contribution in [0, 0.1) is 0 Å². The van der Waals surface area contributed by atoms with E-state index in [-0.39, 0.29) is 10.7 Å². The summed E-state index contributed by atoms with van der Waals surface area (Å²) in [5.74, 6) is -0.818. The van der Waals surface area contributed by atoms with E-state index in [1.807, 2.05) is 0 Å². The molecule has 21 heavy (non-hydrogen) atoms. The van der Waals surface area contributed by atoms with E-state index in [2.05, 4.69) is 11.6 Å². The maximum Gasteiger partial charge on any atom is 0.341 e. The Bertz CT molecular complexity index is 523. The van der Waals surface area contributed by atoms with Crippen LogP contribution in [0.5, 0.6) is 5.75 Å². The lowest BCUT2D eigenvalue weighted by Crippen LogP contribution is -2.45. The Labute approximate surface area is 128 Å². The third-order valence-corrected chi connectivity index (χ3v) is 5.15. The summed E-state index contributed by atoms with van der Waals surface area (Å²) in [6.07, 6.45) is 5.56. The van der Waals surface area contributed by atoms with Gasteiger partial charge in [0.15, 0.2) is 6.61 Å². The van der Waals surface area contributed by atoms with Gasteiger partial charge in [0.2, 0.25) is 0 Å². The van der Waals surface area contributed by atoms with Gasteiger partial charge in [-0.3, -0.25) is 4.79 Å². The Balaban J connectivity index is 1.92. The molecule has 6 heteroatoms. The lowest BCUT2D eigenvalue weighted by molar-refractivity contribution is -0.139. The molecule has 0 bridgehead atoms. The van der Waals surface area contributed by atoms with Crippen LogP contribution >= 0.6 is 11.8 Å². The summed E-state index contributed by atoms with van der Waals surface area (Å²) in [6.45, 7) is 0.244. The molecule has 2 rings (SSSR count). The summed E-state index contributed by atoms with van der Waals surface area (Å²) in [7, 11) is 0. The number of carboxylic acid groups (broad SMARTS) is 1. The summed E-state index contributed by atoms with van der Waals surface area (Å²) in [5, 5.41) is 11.5. The third kappa shape index (κ3) is 4.14. The molecule has 0 heterocycles. The van der Waals surface area contributed by atoms with E-state index in [1.54, 1.807) is 36.0 Å². The van der Waals surface area contributed by atoms with E-state index < -0.39 is 12.6 Å². The highest BCUT2D eigenvalue weighted by Crippen LogP contribution is 2.42. The van der Waals surface area contributed by atoms with E-state index in [0.29, 0.717) is 17.9 Å². The van der Waals surface area contributed by atoms with Crippen LogP contribution < -0.4 is 10.1 Å². The van der Waals surface area contributed by atoms with Gasteiger partial charge >= 0.3 is 5.97 Å². The number of nitrogens with one attached hydrogen (secondary N) is 1. The van der Waals surface area contributed by atoms with Crippen LogP contribution in [-0.4, -0.2) is 41.1 Å². The summed E-state index contributed by atoms with van der Waals surface area (Å²) in [4.78, 5) is 22.6. The zero-order chi connectivity index (χ0) is 15.3. The minimum atomic E-state index is -1.04.